The molecule has 0 aliphatic heterocycles. The van der Waals surface area contributed by atoms with Crippen LogP contribution >= 0.6 is 11.6 Å². The molecule has 4 nitrogen and oxygen atoms in total. The quantitative estimate of drug-likeness (QED) is 0.450. The molecule has 0 saturated carbocycles. The molecule has 1 aromatic carbocycles. The second kappa shape index (κ2) is 6.85. The van der Waals surface area contributed by atoms with Crippen molar-refractivity contribution in [2.75, 3.05) is 13.2 Å². The van der Waals surface area contributed by atoms with Crippen LogP contribution in [0.2, 0.25) is 5.02 Å². The van der Waals surface area contributed by atoms with Crippen LogP contribution in [0.5, 0.6) is 0 Å². The first kappa shape index (κ1) is 12.5. The third kappa shape index (κ3) is 4.31. The number of rotatable bonds is 5. The van der Waals surface area contributed by atoms with Crippen LogP contribution in [0.15, 0.2) is 23.4 Å². The molecule has 0 aliphatic rings. The normalized spacial score (nSPS) is 10.4. The summed E-state index contributed by atoms with van der Waals surface area (Å²) in [6, 6.07) is 7.90. The number of hydrogen-bond donors (Lipinski definition) is 0. The summed E-state index contributed by atoms with van der Waals surface area (Å²) < 4.78 is 4.65. The largest absolute Gasteiger partial charge is 0.463 e. The predicted octanol–water partition coefficient (Wildman–Crippen LogP) is 2.05. The highest BCUT2D eigenvalue weighted by molar-refractivity contribution is 6.33. The van der Waals surface area contributed by atoms with E-state index in [2.05, 4.69) is 16.0 Å². The fourth-order valence-corrected chi connectivity index (χ4v) is 1.08. The molecule has 0 atom stereocenters. The van der Waals surface area contributed by atoms with Crippen LogP contribution in [0.25, 0.3) is 0 Å². The third-order valence-electron chi connectivity index (χ3n) is 1.59. The second-order valence-electron chi connectivity index (χ2n) is 2.76. The van der Waals surface area contributed by atoms with Crippen LogP contribution in [0, 0.1) is 6.07 Å². The van der Waals surface area contributed by atoms with Gasteiger partial charge >= 0.3 is 5.97 Å². The monoisotopic (exact) mass is 240 g/mol. The summed E-state index contributed by atoms with van der Waals surface area (Å²) in [5, 5.41) is 4.14. The molecule has 1 aromatic rings. The van der Waals surface area contributed by atoms with Crippen LogP contribution in [0.1, 0.15) is 12.5 Å². The van der Waals surface area contributed by atoms with E-state index in [1.807, 2.05) is 0 Å². The highest BCUT2D eigenvalue weighted by Gasteiger charge is 2.00. The number of esters is 1. The van der Waals surface area contributed by atoms with Gasteiger partial charge in [0.1, 0.15) is 0 Å². The van der Waals surface area contributed by atoms with Crippen molar-refractivity contribution < 1.29 is 14.4 Å². The lowest BCUT2D eigenvalue weighted by atomic mass is 10.2. The van der Waals surface area contributed by atoms with Gasteiger partial charge in [-0.3, -0.25) is 0 Å². The van der Waals surface area contributed by atoms with E-state index in [4.69, 9.17) is 16.4 Å². The van der Waals surface area contributed by atoms with E-state index >= 15 is 0 Å². The standard InChI is InChI=1S/C11H11ClNO3/c1-2-15-11(14)8-16-13-7-9-5-3-4-6-10(9)12/h4-7H,2,8H2,1H3. The van der Waals surface area contributed by atoms with Crippen LogP contribution in [0.4, 0.5) is 0 Å². The minimum Gasteiger partial charge on any atom is -0.463 e. The molecule has 0 saturated heterocycles. The smallest absolute Gasteiger partial charge is 0.347 e. The number of ether oxygens (including phenoxy) is 1. The van der Waals surface area contributed by atoms with Crippen molar-refractivity contribution in [3.05, 3.63) is 34.9 Å². The Balaban J connectivity index is 2.38. The van der Waals surface area contributed by atoms with E-state index in [1.54, 1.807) is 25.1 Å². The van der Waals surface area contributed by atoms with Gasteiger partial charge in [0.15, 0.2) is 0 Å². The summed E-state index contributed by atoms with van der Waals surface area (Å²) in [6.45, 7) is 1.84. The molecule has 1 rings (SSSR count). The Hall–Kier alpha value is -1.55. The average Bonchev–Trinajstić information content (AvgIpc) is 2.27. The van der Waals surface area contributed by atoms with Crippen LogP contribution in [-0.4, -0.2) is 25.4 Å². The molecule has 0 unspecified atom stereocenters. The number of hydrogen-bond acceptors (Lipinski definition) is 4. The number of oxime groups is 1. The highest BCUT2D eigenvalue weighted by Crippen LogP contribution is 2.11. The van der Waals surface area contributed by atoms with E-state index < -0.39 is 5.97 Å². The summed E-state index contributed by atoms with van der Waals surface area (Å²) >= 11 is 5.86. The van der Waals surface area contributed by atoms with Crippen LogP contribution < -0.4 is 0 Å². The lowest BCUT2D eigenvalue weighted by Crippen LogP contribution is -2.10. The Kier molecular flexibility index (Phi) is 5.36. The van der Waals surface area contributed by atoms with Gasteiger partial charge in [0.25, 0.3) is 0 Å². The molecule has 0 heterocycles. The predicted molar refractivity (Wildman–Crippen MR) is 60.5 cm³/mol. The van der Waals surface area contributed by atoms with Crippen LogP contribution in [-0.2, 0) is 14.4 Å². The molecule has 0 amide bonds. The van der Waals surface area contributed by atoms with Gasteiger partial charge < -0.3 is 9.57 Å². The van der Waals surface area contributed by atoms with Crippen molar-refractivity contribution in [3.63, 3.8) is 0 Å². The molecule has 0 spiro atoms. The fourth-order valence-electron chi connectivity index (χ4n) is 0.910. The van der Waals surface area contributed by atoms with E-state index in [0.717, 1.165) is 0 Å². The summed E-state index contributed by atoms with van der Waals surface area (Å²) in [5.74, 6) is -0.453. The van der Waals surface area contributed by atoms with E-state index in [0.29, 0.717) is 17.2 Å². The summed E-state index contributed by atoms with van der Waals surface area (Å²) in [5.41, 5.74) is 0.674. The van der Waals surface area contributed by atoms with E-state index in [9.17, 15) is 4.79 Å². The molecule has 5 heteroatoms. The zero-order valence-corrected chi connectivity index (χ0v) is 9.53. The van der Waals surface area contributed by atoms with Gasteiger partial charge in [-0.15, -0.1) is 0 Å². The van der Waals surface area contributed by atoms with Crippen molar-refractivity contribution in [3.8, 4) is 0 Å². The number of benzene rings is 1. The summed E-state index contributed by atoms with van der Waals surface area (Å²) in [6.07, 6.45) is 1.41. The molecule has 16 heavy (non-hydrogen) atoms. The highest BCUT2D eigenvalue weighted by atomic mass is 35.5. The van der Waals surface area contributed by atoms with Gasteiger partial charge in [-0.05, 0) is 25.1 Å². The van der Waals surface area contributed by atoms with Crippen molar-refractivity contribution >= 4 is 23.8 Å². The Morgan fingerprint density at radius 3 is 3.19 bits per heavy atom. The molecule has 0 aliphatic carbocycles. The minimum absolute atomic E-state index is 0.210. The zero-order valence-electron chi connectivity index (χ0n) is 8.77. The Morgan fingerprint density at radius 2 is 2.50 bits per heavy atom. The van der Waals surface area contributed by atoms with Gasteiger partial charge in [-0.1, -0.05) is 22.8 Å². The summed E-state index contributed by atoms with van der Waals surface area (Å²) in [7, 11) is 0. The SMILES string of the molecule is CCOC(=O)CON=Cc1c[c]ccc1Cl. The van der Waals surface area contributed by atoms with Crippen molar-refractivity contribution in [1.82, 2.24) is 0 Å². The summed E-state index contributed by atoms with van der Waals surface area (Å²) in [4.78, 5) is 15.6. The maximum atomic E-state index is 10.9. The fraction of sp³-hybridized carbons (Fsp3) is 0.273. The molecular weight excluding hydrogens is 230 g/mol. The minimum atomic E-state index is -0.453. The first-order valence-electron chi connectivity index (χ1n) is 4.70. The van der Waals surface area contributed by atoms with Gasteiger partial charge in [0, 0.05) is 10.6 Å². The van der Waals surface area contributed by atoms with Gasteiger partial charge in [-0.25, -0.2) is 4.79 Å². The maximum absolute atomic E-state index is 10.9. The second-order valence-corrected chi connectivity index (χ2v) is 3.17. The van der Waals surface area contributed by atoms with E-state index in [-0.39, 0.29) is 6.61 Å². The van der Waals surface area contributed by atoms with Crippen molar-refractivity contribution in [1.29, 1.82) is 0 Å². The Labute approximate surface area is 98.8 Å². The number of carbonyl (C=O) groups excluding carboxylic acids is 1. The number of carbonyl (C=O) groups is 1. The molecule has 0 N–H and O–H groups in total. The maximum Gasteiger partial charge on any atom is 0.347 e. The number of halogens is 1. The first-order chi connectivity index (χ1) is 7.74. The third-order valence-corrected chi connectivity index (χ3v) is 1.94. The Bertz CT molecular complexity index is 379. The molecule has 0 fully saturated rings. The average molecular weight is 241 g/mol. The molecule has 1 radical (unpaired) electrons. The van der Waals surface area contributed by atoms with Gasteiger partial charge in [0.2, 0.25) is 6.61 Å². The van der Waals surface area contributed by atoms with Gasteiger partial charge in [0.05, 0.1) is 12.8 Å². The van der Waals surface area contributed by atoms with E-state index in [1.165, 1.54) is 6.21 Å². The molecule has 0 aromatic heterocycles. The first-order valence-corrected chi connectivity index (χ1v) is 5.08. The van der Waals surface area contributed by atoms with Gasteiger partial charge in [-0.2, -0.15) is 0 Å². The molecule has 85 valence electrons. The van der Waals surface area contributed by atoms with Crippen molar-refractivity contribution in [2.24, 2.45) is 5.16 Å². The lowest BCUT2D eigenvalue weighted by Gasteiger charge is -1.99. The molecule has 0 bridgehead atoms. The van der Waals surface area contributed by atoms with Crippen LogP contribution in [0.3, 0.4) is 0 Å². The number of nitrogens with zero attached hydrogens (tertiary/aromatic N) is 1. The topological polar surface area (TPSA) is 47.9 Å². The molecular formula is C11H11ClNO3. The van der Waals surface area contributed by atoms with Crippen molar-refractivity contribution in [2.45, 2.75) is 6.92 Å². The Morgan fingerprint density at radius 1 is 1.69 bits per heavy atom. The zero-order chi connectivity index (χ0) is 11.8. The lowest BCUT2D eigenvalue weighted by molar-refractivity contribution is -0.148.